The molecule has 1 saturated carbocycles. The van der Waals surface area contributed by atoms with Crippen molar-refractivity contribution in [2.75, 3.05) is 26.2 Å². The molecule has 1 aliphatic carbocycles. The Balaban J connectivity index is 0.00000110. The highest BCUT2D eigenvalue weighted by atomic mass is 35.5. The number of rotatable bonds is 3. The van der Waals surface area contributed by atoms with Crippen LogP contribution in [0.25, 0.3) is 0 Å². The Labute approximate surface area is 137 Å². The summed E-state index contributed by atoms with van der Waals surface area (Å²) in [5, 5.41) is 13.4. The Kier molecular flexibility index (Phi) is 7.21. The maximum absolute atomic E-state index is 13.5. The largest absolute Gasteiger partial charge is 0.508 e. The van der Waals surface area contributed by atoms with Crippen molar-refractivity contribution in [3.05, 3.63) is 29.6 Å². The molecule has 0 amide bonds. The first-order valence-corrected chi connectivity index (χ1v) is 7.19. The molecule has 2 fully saturated rings. The molecule has 6 heteroatoms. The zero-order valence-corrected chi connectivity index (χ0v) is 13.6. The van der Waals surface area contributed by atoms with Gasteiger partial charge < -0.3 is 10.4 Å². The number of piperazine rings is 1. The van der Waals surface area contributed by atoms with Gasteiger partial charge in [0.15, 0.2) is 0 Å². The number of nitrogens with one attached hydrogen (secondary N) is 1. The first-order chi connectivity index (χ1) is 9.25. The van der Waals surface area contributed by atoms with Crippen molar-refractivity contribution in [3.63, 3.8) is 0 Å². The highest BCUT2D eigenvalue weighted by Gasteiger charge is 2.35. The predicted octanol–water partition coefficient (Wildman–Crippen LogP) is 3.12. The summed E-state index contributed by atoms with van der Waals surface area (Å²) >= 11 is 0. The molecule has 1 aliphatic heterocycles. The van der Waals surface area contributed by atoms with Gasteiger partial charge in [-0.15, -0.1) is 24.8 Å². The Morgan fingerprint density at radius 2 is 1.86 bits per heavy atom. The van der Waals surface area contributed by atoms with Crippen molar-refractivity contribution in [2.45, 2.75) is 25.3 Å². The molecular formula is C15H23Cl2FN2O. The lowest BCUT2D eigenvalue weighted by molar-refractivity contribution is 0.0817. The minimum Gasteiger partial charge on any atom is -0.508 e. The summed E-state index contributed by atoms with van der Waals surface area (Å²) in [4.78, 5) is 2.40. The Bertz CT molecular complexity index is 451. The van der Waals surface area contributed by atoms with E-state index in [2.05, 4.69) is 10.2 Å². The van der Waals surface area contributed by atoms with Crippen LogP contribution in [0.15, 0.2) is 18.2 Å². The third-order valence-electron chi connectivity index (χ3n) is 4.45. The molecule has 2 aliphatic rings. The van der Waals surface area contributed by atoms with Crippen LogP contribution in [0.3, 0.4) is 0 Å². The maximum Gasteiger partial charge on any atom is 0.123 e. The van der Waals surface area contributed by atoms with Crippen LogP contribution in [-0.2, 0) is 0 Å². The normalized spacial score (nSPS) is 20.8. The minimum atomic E-state index is -0.257. The SMILES string of the molecule is Cl.Cl.Oc1ccc(F)cc1[C@@H](C1CCC1)N1CCNCC1. The van der Waals surface area contributed by atoms with Gasteiger partial charge in [-0.1, -0.05) is 6.42 Å². The van der Waals surface area contributed by atoms with Crippen molar-refractivity contribution < 1.29 is 9.50 Å². The van der Waals surface area contributed by atoms with E-state index in [1.807, 2.05) is 0 Å². The van der Waals surface area contributed by atoms with Gasteiger partial charge in [-0.3, -0.25) is 4.90 Å². The number of hydrogen-bond acceptors (Lipinski definition) is 3. The minimum absolute atomic E-state index is 0. The Hall–Kier alpha value is -0.550. The molecule has 0 radical (unpaired) electrons. The van der Waals surface area contributed by atoms with E-state index in [1.54, 1.807) is 0 Å². The molecular weight excluding hydrogens is 314 g/mol. The number of phenolic OH excluding ortho intramolecular Hbond substituents is 1. The second-order valence-electron chi connectivity index (χ2n) is 5.62. The molecule has 1 heterocycles. The topological polar surface area (TPSA) is 35.5 Å². The van der Waals surface area contributed by atoms with Crippen LogP contribution in [0.1, 0.15) is 30.9 Å². The fourth-order valence-corrected chi connectivity index (χ4v) is 3.23. The van der Waals surface area contributed by atoms with Crippen molar-refractivity contribution in [1.29, 1.82) is 0 Å². The van der Waals surface area contributed by atoms with E-state index in [1.165, 1.54) is 37.5 Å². The highest BCUT2D eigenvalue weighted by molar-refractivity contribution is 5.85. The zero-order valence-electron chi connectivity index (χ0n) is 11.9. The molecule has 0 spiro atoms. The molecule has 1 atom stereocenters. The van der Waals surface area contributed by atoms with Gasteiger partial charge in [0.05, 0.1) is 0 Å². The van der Waals surface area contributed by atoms with E-state index in [0.29, 0.717) is 5.92 Å². The van der Waals surface area contributed by atoms with E-state index >= 15 is 0 Å². The van der Waals surface area contributed by atoms with Crippen LogP contribution in [0.2, 0.25) is 0 Å². The second-order valence-corrected chi connectivity index (χ2v) is 5.62. The second kappa shape index (κ2) is 8.18. The molecule has 1 aromatic rings. The molecule has 1 saturated heterocycles. The first-order valence-electron chi connectivity index (χ1n) is 7.19. The first kappa shape index (κ1) is 18.5. The summed E-state index contributed by atoms with van der Waals surface area (Å²) in [5.74, 6) is 0.537. The third kappa shape index (κ3) is 4.01. The van der Waals surface area contributed by atoms with E-state index in [0.717, 1.165) is 31.7 Å². The molecule has 0 bridgehead atoms. The standard InChI is InChI=1S/C15H21FN2O.2ClH/c16-12-4-5-14(19)13(10-12)15(11-2-1-3-11)18-8-6-17-7-9-18;;/h4-5,10-11,15,17,19H,1-3,6-9H2;2*1H/t15-;;/m1../s1. The summed E-state index contributed by atoms with van der Waals surface area (Å²) in [6.07, 6.45) is 3.62. The number of benzene rings is 1. The van der Waals surface area contributed by atoms with Crippen LogP contribution in [0.5, 0.6) is 5.75 Å². The van der Waals surface area contributed by atoms with Crippen LogP contribution < -0.4 is 5.32 Å². The smallest absolute Gasteiger partial charge is 0.123 e. The average molecular weight is 337 g/mol. The van der Waals surface area contributed by atoms with Crippen molar-refractivity contribution in [3.8, 4) is 5.75 Å². The molecule has 0 unspecified atom stereocenters. The summed E-state index contributed by atoms with van der Waals surface area (Å²) in [6.45, 7) is 3.88. The van der Waals surface area contributed by atoms with Crippen LogP contribution in [0, 0.1) is 11.7 Å². The number of hydrogen-bond donors (Lipinski definition) is 2. The Morgan fingerprint density at radius 3 is 2.43 bits per heavy atom. The molecule has 120 valence electrons. The van der Waals surface area contributed by atoms with Gasteiger partial charge in [0.1, 0.15) is 11.6 Å². The number of halogens is 3. The van der Waals surface area contributed by atoms with Gasteiger partial charge >= 0.3 is 0 Å². The summed E-state index contributed by atoms with van der Waals surface area (Å²) in [6, 6.07) is 4.50. The van der Waals surface area contributed by atoms with Gasteiger partial charge in [-0.25, -0.2) is 4.39 Å². The van der Waals surface area contributed by atoms with Gasteiger partial charge in [-0.2, -0.15) is 0 Å². The maximum atomic E-state index is 13.5. The summed E-state index contributed by atoms with van der Waals surface area (Å²) < 4.78 is 13.5. The van der Waals surface area contributed by atoms with E-state index in [-0.39, 0.29) is 42.4 Å². The van der Waals surface area contributed by atoms with Gasteiger partial charge in [-0.05, 0) is 37.0 Å². The molecule has 21 heavy (non-hydrogen) atoms. The molecule has 1 aromatic carbocycles. The Morgan fingerprint density at radius 1 is 1.19 bits per heavy atom. The van der Waals surface area contributed by atoms with E-state index in [9.17, 15) is 9.50 Å². The van der Waals surface area contributed by atoms with Crippen LogP contribution >= 0.6 is 24.8 Å². The van der Waals surface area contributed by atoms with Crippen molar-refractivity contribution in [1.82, 2.24) is 10.2 Å². The van der Waals surface area contributed by atoms with Crippen molar-refractivity contribution in [2.24, 2.45) is 5.92 Å². The van der Waals surface area contributed by atoms with E-state index in [4.69, 9.17) is 0 Å². The average Bonchev–Trinajstić information content (AvgIpc) is 2.38. The molecule has 3 rings (SSSR count). The zero-order chi connectivity index (χ0) is 13.2. The quantitative estimate of drug-likeness (QED) is 0.890. The predicted molar refractivity (Wildman–Crippen MR) is 87.1 cm³/mol. The van der Waals surface area contributed by atoms with Gasteiger partial charge in [0, 0.05) is 37.8 Å². The third-order valence-corrected chi connectivity index (χ3v) is 4.45. The number of aromatic hydroxyl groups is 1. The van der Waals surface area contributed by atoms with Gasteiger partial charge in [0.25, 0.3) is 0 Å². The summed E-state index contributed by atoms with van der Waals surface area (Å²) in [5.41, 5.74) is 0.770. The fourth-order valence-electron chi connectivity index (χ4n) is 3.23. The van der Waals surface area contributed by atoms with E-state index < -0.39 is 0 Å². The van der Waals surface area contributed by atoms with Gasteiger partial charge in [0.2, 0.25) is 0 Å². The fraction of sp³-hybridized carbons (Fsp3) is 0.600. The van der Waals surface area contributed by atoms with Crippen molar-refractivity contribution >= 4 is 24.8 Å². The monoisotopic (exact) mass is 336 g/mol. The lowest BCUT2D eigenvalue weighted by Gasteiger charge is -2.43. The molecule has 0 aromatic heterocycles. The molecule has 3 nitrogen and oxygen atoms in total. The molecule has 2 N–H and O–H groups in total. The summed E-state index contributed by atoms with van der Waals surface area (Å²) in [7, 11) is 0. The lowest BCUT2D eigenvalue weighted by atomic mass is 9.76. The number of nitrogens with zero attached hydrogens (tertiary/aromatic N) is 1. The highest BCUT2D eigenvalue weighted by Crippen LogP contribution is 2.44. The lowest BCUT2D eigenvalue weighted by Crippen LogP contribution is -2.47. The van der Waals surface area contributed by atoms with Crippen LogP contribution in [-0.4, -0.2) is 36.2 Å². The number of phenols is 1. The van der Waals surface area contributed by atoms with Crippen LogP contribution in [0.4, 0.5) is 4.39 Å².